The predicted molar refractivity (Wildman–Crippen MR) is 36.4 cm³/mol. The normalized spacial score (nSPS) is 13.3. The van der Waals surface area contributed by atoms with Crippen LogP contribution in [0.3, 0.4) is 0 Å². The first-order valence-corrected chi connectivity index (χ1v) is 6.68. The summed E-state index contributed by atoms with van der Waals surface area (Å²) in [4.78, 5) is 0. The van der Waals surface area contributed by atoms with Crippen molar-refractivity contribution >= 4 is 24.4 Å². The van der Waals surface area contributed by atoms with Crippen molar-refractivity contribution in [1.29, 1.82) is 0 Å². The van der Waals surface area contributed by atoms with Crippen LogP contribution < -0.4 is 5.32 Å². The maximum atomic E-state index is 3.67. The Morgan fingerprint density at radius 3 is 2.57 bits per heavy atom. The Hall–Kier alpha value is 0.570. The summed E-state index contributed by atoms with van der Waals surface area (Å²) < 4.78 is 1.34. The van der Waals surface area contributed by atoms with Crippen molar-refractivity contribution in [2.75, 3.05) is 7.05 Å². The van der Waals surface area contributed by atoms with E-state index in [0.29, 0.717) is 6.04 Å². The Morgan fingerprint density at radius 1 is 2.00 bits per heavy atom. The van der Waals surface area contributed by atoms with Gasteiger partial charge in [0, 0.05) is 0 Å². The number of nitrogens with one attached hydrogen (secondary N) is 1. The summed E-state index contributed by atoms with van der Waals surface area (Å²) >= 11 is 0.812. The van der Waals surface area contributed by atoms with Crippen molar-refractivity contribution < 1.29 is 0 Å². The van der Waals surface area contributed by atoms with Crippen LogP contribution in [0.5, 0.6) is 0 Å². The Balaban J connectivity index is 3.16. The average Bonchev–Trinajstić information content (AvgIpc) is 1.72. The van der Waals surface area contributed by atoms with E-state index in [-0.39, 0.29) is 0 Å². The fourth-order valence-electron chi connectivity index (χ4n) is 0.489. The van der Waals surface area contributed by atoms with E-state index in [4.69, 9.17) is 0 Å². The molecule has 0 spiro atoms. The van der Waals surface area contributed by atoms with Crippen molar-refractivity contribution in [2.45, 2.75) is 10.2 Å². The van der Waals surface area contributed by atoms with Crippen LogP contribution in [0.1, 0.15) is 0 Å². The molecule has 0 saturated carbocycles. The average molecular weight is 201 g/mol. The molecule has 0 fully saturated rings. The second-order valence-electron chi connectivity index (χ2n) is 1.54. The van der Waals surface area contributed by atoms with Crippen LogP contribution in [0.25, 0.3) is 0 Å². The Morgan fingerprint density at radius 2 is 2.57 bits per heavy atom. The molecule has 7 heavy (non-hydrogen) atoms. The van der Waals surface area contributed by atoms with Gasteiger partial charge in [0.05, 0.1) is 0 Å². The number of hydrogen-bond donors (Lipinski definition) is 1. The van der Waals surface area contributed by atoms with E-state index >= 15 is 0 Å². The van der Waals surface area contributed by atoms with Crippen LogP contribution >= 0.6 is 0 Å². The predicted octanol–water partition coefficient (Wildman–Crippen LogP) is -0.188. The van der Waals surface area contributed by atoms with Gasteiger partial charge in [-0.05, 0) is 0 Å². The molecule has 0 aliphatic heterocycles. The standard InChI is InChI=1S/C5H10N.In.2H/c1-4-5(2)6-3;;;/h4-6H,1-2H2,3H3;;;/t5-;;;/m0.../s1. The van der Waals surface area contributed by atoms with E-state index in [1.807, 2.05) is 13.1 Å². The molecule has 0 unspecified atom stereocenters. The zero-order valence-electron chi connectivity index (χ0n) is 5.07. The third-order valence-corrected chi connectivity index (χ3v) is 3.61. The Labute approximate surface area is 59.8 Å². The van der Waals surface area contributed by atoms with Gasteiger partial charge in [0.1, 0.15) is 0 Å². The summed E-state index contributed by atoms with van der Waals surface area (Å²) in [6.07, 6.45) is 1.97. The van der Waals surface area contributed by atoms with Crippen molar-refractivity contribution in [2.24, 2.45) is 0 Å². The van der Waals surface area contributed by atoms with Gasteiger partial charge in [-0.1, -0.05) is 0 Å². The van der Waals surface area contributed by atoms with Gasteiger partial charge < -0.3 is 0 Å². The van der Waals surface area contributed by atoms with E-state index in [2.05, 4.69) is 11.9 Å². The van der Waals surface area contributed by atoms with Gasteiger partial charge in [0.15, 0.2) is 0 Å². The molecular formula is C5H12InN. The topological polar surface area (TPSA) is 12.0 Å². The third-order valence-electron chi connectivity index (χ3n) is 1.10. The van der Waals surface area contributed by atoms with Gasteiger partial charge in [-0.2, -0.15) is 0 Å². The molecule has 0 bridgehead atoms. The van der Waals surface area contributed by atoms with Gasteiger partial charge in [0.2, 0.25) is 0 Å². The van der Waals surface area contributed by atoms with Crippen LogP contribution in [0.4, 0.5) is 0 Å². The van der Waals surface area contributed by atoms with Crippen LogP contribution in [0, 0.1) is 0 Å². The minimum absolute atomic E-state index is 0.593. The molecule has 2 heteroatoms. The molecule has 40 valence electrons. The second-order valence-corrected chi connectivity index (χ2v) is 3.87. The van der Waals surface area contributed by atoms with Gasteiger partial charge in [0.25, 0.3) is 0 Å². The van der Waals surface area contributed by atoms with Crippen LogP contribution in [0.2, 0.25) is 4.18 Å². The number of hydrogen-bond acceptors (Lipinski definition) is 1. The molecule has 0 rings (SSSR count). The zero-order chi connectivity index (χ0) is 5.70. The van der Waals surface area contributed by atoms with E-state index in [9.17, 15) is 0 Å². The monoisotopic (exact) mass is 201 g/mol. The van der Waals surface area contributed by atoms with Gasteiger partial charge in [-0.15, -0.1) is 0 Å². The molecule has 1 nitrogen and oxygen atoms in total. The van der Waals surface area contributed by atoms with Crippen LogP contribution in [0.15, 0.2) is 12.7 Å². The molecule has 0 amide bonds. The molecule has 1 atom stereocenters. The second kappa shape index (κ2) is 4.72. The molecule has 0 aromatic carbocycles. The van der Waals surface area contributed by atoms with Gasteiger partial charge in [-0.3, -0.25) is 0 Å². The summed E-state index contributed by atoms with van der Waals surface area (Å²) in [6, 6.07) is 0.593. The molecular weight excluding hydrogens is 189 g/mol. The van der Waals surface area contributed by atoms with Crippen molar-refractivity contribution in [1.82, 2.24) is 5.32 Å². The molecule has 0 aromatic heterocycles. The van der Waals surface area contributed by atoms with Gasteiger partial charge >= 0.3 is 59.6 Å². The van der Waals surface area contributed by atoms with Crippen molar-refractivity contribution in [3.8, 4) is 0 Å². The van der Waals surface area contributed by atoms with E-state index in [1.165, 1.54) is 4.18 Å². The fraction of sp³-hybridized carbons (Fsp3) is 0.600. The van der Waals surface area contributed by atoms with E-state index in [1.54, 1.807) is 0 Å². The summed E-state index contributed by atoms with van der Waals surface area (Å²) in [5, 5.41) is 3.14. The number of rotatable bonds is 3. The van der Waals surface area contributed by atoms with Crippen LogP contribution in [-0.4, -0.2) is 37.5 Å². The molecule has 0 aliphatic rings. The molecule has 0 radical (unpaired) electrons. The quantitative estimate of drug-likeness (QED) is 0.624. The SMILES string of the molecule is C=C[C@H]([CH2][InH2])NC. The summed E-state index contributed by atoms with van der Waals surface area (Å²) in [6.45, 7) is 3.67. The summed E-state index contributed by atoms with van der Waals surface area (Å²) in [5.41, 5.74) is 0. The summed E-state index contributed by atoms with van der Waals surface area (Å²) in [5.74, 6) is 0. The van der Waals surface area contributed by atoms with Gasteiger partial charge in [-0.25, -0.2) is 0 Å². The Kier molecular flexibility index (Phi) is 5.11. The first-order chi connectivity index (χ1) is 3.35. The maximum absolute atomic E-state index is 3.67. The van der Waals surface area contributed by atoms with E-state index in [0.717, 1.165) is 24.4 Å². The molecule has 1 N–H and O–H groups in total. The zero-order valence-corrected chi connectivity index (χ0v) is 10.8. The third kappa shape index (κ3) is 3.18. The van der Waals surface area contributed by atoms with E-state index < -0.39 is 0 Å². The molecule has 0 saturated heterocycles. The molecule has 0 heterocycles. The molecule has 0 aromatic rings. The van der Waals surface area contributed by atoms with Crippen LogP contribution in [-0.2, 0) is 0 Å². The van der Waals surface area contributed by atoms with Crippen molar-refractivity contribution in [3.05, 3.63) is 12.7 Å². The fourth-order valence-corrected chi connectivity index (χ4v) is 2.61. The summed E-state index contributed by atoms with van der Waals surface area (Å²) in [7, 11) is 1.97. The Bertz CT molecular complexity index is 50.0. The molecule has 0 aliphatic carbocycles. The number of likely N-dealkylation sites (N-methyl/N-ethyl adjacent to an activating group) is 1. The first kappa shape index (κ1) is 7.57. The minimum atomic E-state index is 0.593. The van der Waals surface area contributed by atoms with Crippen molar-refractivity contribution in [3.63, 3.8) is 0 Å². The first-order valence-electron chi connectivity index (χ1n) is 2.65.